The van der Waals surface area contributed by atoms with E-state index in [0.717, 1.165) is 25.7 Å². The van der Waals surface area contributed by atoms with E-state index < -0.39 is 5.82 Å². The van der Waals surface area contributed by atoms with Gasteiger partial charge in [0.1, 0.15) is 11.6 Å². The number of benzene rings is 2. The summed E-state index contributed by atoms with van der Waals surface area (Å²) in [4.78, 5) is 30.4. The van der Waals surface area contributed by atoms with Crippen molar-refractivity contribution in [2.75, 3.05) is 5.43 Å². The number of halogens is 1. The van der Waals surface area contributed by atoms with Crippen LogP contribution in [0.15, 0.2) is 53.3 Å². The highest BCUT2D eigenvalue weighted by Gasteiger charge is 2.23. The van der Waals surface area contributed by atoms with E-state index in [1.54, 1.807) is 24.3 Å². The monoisotopic (exact) mass is 379 g/mol. The van der Waals surface area contributed by atoms with Gasteiger partial charge in [0, 0.05) is 5.92 Å². The van der Waals surface area contributed by atoms with Gasteiger partial charge in [-0.25, -0.2) is 14.1 Å². The summed E-state index contributed by atoms with van der Waals surface area (Å²) in [5.74, 6) is -0.0175. The van der Waals surface area contributed by atoms with Gasteiger partial charge in [0.25, 0.3) is 5.56 Å². The van der Waals surface area contributed by atoms with E-state index in [-0.39, 0.29) is 23.8 Å². The lowest BCUT2D eigenvalue weighted by atomic mass is 9.88. The van der Waals surface area contributed by atoms with Crippen molar-refractivity contribution in [2.24, 2.45) is 0 Å². The number of rotatable bonds is 4. The first-order valence-corrected chi connectivity index (χ1v) is 9.68. The topological polar surface area (TPSA) is 64.0 Å². The molecule has 6 heteroatoms. The van der Waals surface area contributed by atoms with Gasteiger partial charge in [-0.05, 0) is 42.7 Å². The molecule has 0 atom stereocenters. The number of amides is 1. The lowest BCUT2D eigenvalue weighted by molar-refractivity contribution is -0.116. The van der Waals surface area contributed by atoms with Crippen LogP contribution < -0.4 is 11.0 Å². The molecule has 1 aromatic heterocycles. The molecule has 28 heavy (non-hydrogen) atoms. The summed E-state index contributed by atoms with van der Waals surface area (Å²) in [7, 11) is 0. The number of carbonyl (C=O) groups excluding carboxylic acids is 1. The van der Waals surface area contributed by atoms with E-state index in [0.29, 0.717) is 22.3 Å². The Morgan fingerprint density at radius 1 is 1.11 bits per heavy atom. The SMILES string of the molecule is O=C(Cc1cccc(F)c1)Nn1c(C2CCCCC2)nc2ccccc2c1=O. The van der Waals surface area contributed by atoms with E-state index in [1.165, 1.54) is 23.2 Å². The molecule has 3 aromatic rings. The summed E-state index contributed by atoms with van der Waals surface area (Å²) in [6.45, 7) is 0. The van der Waals surface area contributed by atoms with Crippen LogP contribution >= 0.6 is 0 Å². The number of aromatic nitrogens is 2. The minimum atomic E-state index is -0.391. The Balaban J connectivity index is 1.70. The van der Waals surface area contributed by atoms with Crippen LogP contribution in [0.2, 0.25) is 0 Å². The van der Waals surface area contributed by atoms with Gasteiger partial charge in [-0.3, -0.25) is 15.0 Å². The zero-order chi connectivity index (χ0) is 19.5. The second-order valence-corrected chi connectivity index (χ2v) is 7.30. The van der Waals surface area contributed by atoms with Crippen LogP contribution in [0.4, 0.5) is 4.39 Å². The molecule has 1 heterocycles. The predicted molar refractivity (Wildman–Crippen MR) is 106 cm³/mol. The molecule has 4 rings (SSSR count). The molecule has 0 aliphatic heterocycles. The van der Waals surface area contributed by atoms with Gasteiger partial charge < -0.3 is 0 Å². The third-order valence-corrected chi connectivity index (χ3v) is 5.26. The van der Waals surface area contributed by atoms with Crippen molar-refractivity contribution >= 4 is 16.8 Å². The van der Waals surface area contributed by atoms with Crippen molar-refractivity contribution in [3.05, 3.63) is 76.1 Å². The third-order valence-electron chi connectivity index (χ3n) is 5.26. The summed E-state index contributed by atoms with van der Waals surface area (Å²) < 4.78 is 14.7. The van der Waals surface area contributed by atoms with Gasteiger partial charge in [-0.1, -0.05) is 43.5 Å². The van der Waals surface area contributed by atoms with E-state index in [4.69, 9.17) is 4.98 Å². The van der Waals surface area contributed by atoms with Crippen LogP contribution in [0.3, 0.4) is 0 Å². The lowest BCUT2D eigenvalue weighted by Gasteiger charge is -2.24. The Labute approximate surface area is 162 Å². The average molecular weight is 379 g/mol. The molecule has 1 aliphatic rings. The first-order valence-electron chi connectivity index (χ1n) is 9.68. The Kier molecular flexibility index (Phi) is 5.19. The highest BCUT2D eigenvalue weighted by molar-refractivity contribution is 5.86. The second-order valence-electron chi connectivity index (χ2n) is 7.30. The highest BCUT2D eigenvalue weighted by Crippen LogP contribution is 2.31. The zero-order valence-electron chi connectivity index (χ0n) is 15.5. The van der Waals surface area contributed by atoms with Crippen LogP contribution in [0.5, 0.6) is 0 Å². The van der Waals surface area contributed by atoms with Gasteiger partial charge in [0.2, 0.25) is 5.91 Å². The van der Waals surface area contributed by atoms with E-state index in [1.807, 2.05) is 12.1 Å². The first-order chi connectivity index (χ1) is 13.6. The number of carbonyl (C=O) groups is 1. The second kappa shape index (κ2) is 7.92. The molecule has 144 valence electrons. The van der Waals surface area contributed by atoms with Gasteiger partial charge in [-0.15, -0.1) is 0 Å². The number of hydrogen-bond acceptors (Lipinski definition) is 3. The molecule has 1 N–H and O–H groups in total. The number of fused-ring (bicyclic) bond motifs is 1. The van der Waals surface area contributed by atoms with Gasteiger partial charge in [0.15, 0.2) is 0 Å². The van der Waals surface area contributed by atoms with E-state index in [9.17, 15) is 14.0 Å². The maximum atomic E-state index is 13.4. The molecule has 5 nitrogen and oxygen atoms in total. The van der Waals surface area contributed by atoms with Crippen molar-refractivity contribution in [1.29, 1.82) is 0 Å². The van der Waals surface area contributed by atoms with Crippen LogP contribution in [-0.2, 0) is 11.2 Å². The maximum absolute atomic E-state index is 13.4. The van der Waals surface area contributed by atoms with Crippen molar-refractivity contribution in [1.82, 2.24) is 9.66 Å². The Bertz CT molecular complexity index is 1070. The van der Waals surface area contributed by atoms with E-state index >= 15 is 0 Å². The minimum absolute atomic E-state index is 0.0128. The predicted octanol–water partition coefficient (Wildman–Crippen LogP) is 3.90. The maximum Gasteiger partial charge on any atom is 0.280 e. The van der Waals surface area contributed by atoms with Crippen LogP contribution in [0.25, 0.3) is 10.9 Å². The van der Waals surface area contributed by atoms with Crippen molar-refractivity contribution in [3.63, 3.8) is 0 Å². The van der Waals surface area contributed by atoms with E-state index in [2.05, 4.69) is 5.43 Å². The fourth-order valence-electron chi connectivity index (χ4n) is 3.89. The molecule has 1 fully saturated rings. The fourth-order valence-corrected chi connectivity index (χ4v) is 3.89. The number of para-hydroxylation sites is 1. The number of hydrogen-bond donors (Lipinski definition) is 1. The molecule has 0 radical (unpaired) electrons. The summed E-state index contributed by atoms with van der Waals surface area (Å²) >= 11 is 0. The number of nitrogens with zero attached hydrogens (tertiary/aromatic N) is 2. The zero-order valence-corrected chi connectivity index (χ0v) is 15.5. The lowest BCUT2D eigenvalue weighted by Crippen LogP contribution is -2.38. The molecular weight excluding hydrogens is 357 g/mol. The minimum Gasteiger partial charge on any atom is -0.273 e. The summed E-state index contributed by atoms with van der Waals surface area (Å²) in [5, 5.41) is 0.466. The van der Waals surface area contributed by atoms with Gasteiger partial charge in [-0.2, -0.15) is 0 Å². The molecule has 2 aromatic carbocycles. The first kappa shape index (κ1) is 18.3. The molecule has 0 spiro atoms. The molecule has 0 unspecified atom stereocenters. The van der Waals surface area contributed by atoms with Crippen molar-refractivity contribution < 1.29 is 9.18 Å². The van der Waals surface area contributed by atoms with Gasteiger partial charge in [0.05, 0.1) is 17.3 Å². The van der Waals surface area contributed by atoms with Gasteiger partial charge >= 0.3 is 0 Å². The Morgan fingerprint density at radius 3 is 2.68 bits per heavy atom. The highest BCUT2D eigenvalue weighted by atomic mass is 19.1. The van der Waals surface area contributed by atoms with Crippen LogP contribution in [-0.4, -0.2) is 15.6 Å². The quantitative estimate of drug-likeness (QED) is 0.748. The molecule has 1 aliphatic carbocycles. The standard InChI is InChI=1S/C22H22FN3O2/c23-17-10-6-7-15(13-17)14-20(27)25-26-21(16-8-2-1-3-9-16)24-19-12-5-4-11-18(19)22(26)28/h4-7,10-13,16H,1-3,8-9,14H2,(H,25,27). The Hall–Kier alpha value is -3.02. The Morgan fingerprint density at radius 2 is 1.89 bits per heavy atom. The van der Waals surface area contributed by atoms with Crippen LogP contribution in [0.1, 0.15) is 49.4 Å². The normalized spacial score (nSPS) is 14.9. The summed E-state index contributed by atoms with van der Waals surface area (Å²) in [5.41, 5.74) is 3.63. The largest absolute Gasteiger partial charge is 0.280 e. The summed E-state index contributed by atoms with van der Waals surface area (Å²) in [6, 6.07) is 13.1. The summed E-state index contributed by atoms with van der Waals surface area (Å²) in [6.07, 6.45) is 5.24. The average Bonchev–Trinajstić information content (AvgIpc) is 2.70. The molecule has 1 saturated carbocycles. The number of nitrogens with one attached hydrogen (secondary N) is 1. The van der Waals surface area contributed by atoms with Crippen molar-refractivity contribution in [3.8, 4) is 0 Å². The molecule has 0 bridgehead atoms. The van der Waals surface area contributed by atoms with Crippen LogP contribution in [0, 0.1) is 5.82 Å². The molecule has 1 amide bonds. The smallest absolute Gasteiger partial charge is 0.273 e. The third kappa shape index (κ3) is 3.81. The fraction of sp³-hybridized carbons (Fsp3) is 0.318. The molecule has 0 saturated heterocycles. The van der Waals surface area contributed by atoms with Crippen molar-refractivity contribution in [2.45, 2.75) is 44.4 Å². The molecular formula is C22H22FN3O2.